The van der Waals surface area contributed by atoms with E-state index >= 15 is 0 Å². The topological polar surface area (TPSA) is 62.2 Å². The highest BCUT2D eigenvalue weighted by molar-refractivity contribution is 5.92. The zero-order valence-corrected chi connectivity index (χ0v) is 15.2. The van der Waals surface area contributed by atoms with Gasteiger partial charge in [-0.25, -0.2) is 9.37 Å². The third-order valence-corrected chi connectivity index (χ3v) is 4.27. The summed E-state index contributed by atoms with van der Waals surface area (Å²) < 4.78 is 52.4. The first-order valence-electron chi connectivity index (χ1n) is 8.55. The van der Waals surface area contributed by atoms with Gasteiger partial charge in [0.15, 0.2) is 0 Å². The van der Waals surface area contributed by atoms with Crippen molar-refractivity contribution >= 4 is 5.91 Å². The summed E-state index contributed by atoms with van der Waals surface area (Å²) in [5.74, 6) is -1.60. The van der Waals surface area contributed by atoms with Gasteiger partial charge >= 0.3 is 6.18 Å². The van der Waals surface area contributed by atoms with Crippen LogP contribution in [0, 0.1) is 12.7 Å². The van der Waals surface area contributed by atoms with Gasteiger partial charge in [-0.2, -0.15) is 13.2 Å². The molecule has 1 aromatic heterocycles. The van der Waals surface area contributed by atoms with E-state index in [1.807, 2.05) is 0 Å². The van der Waals surface area contributed by atoms with Crippen LogP contribution in [-0.4, -0.2) is 16.0 Å². The predicted molar refractivity (Wildman–Crippen MR) is 97.8 cm³/mol. The van der Waals surface area contributed by atoms with E-state index < -0.39 is 29.5 Å². The molecule has 0 aliphatic rings. The summed E-state index contributed by atoms with van der Waals surface area (Å²) in [6.45, 7) is 1.70. The first kappa shape index (κ1) is 20.3. The highest BCUT2D eigenvalue weighted by Gasteiger charge is 2.31. The number of phenols is 1. The Morgan fingerprint density at radius 2 is 1.76 bits per heavy atom. The molecular weight excluding hydrogens is 388 g/mol. The molecule has 2 N–H and O–H groups in total. The maximum absolute atomic E-state index is 13.8. The van der Waals surface area contributed by atoms with Crippen LogP contribution in [0.5, 0.6) is 5.75 Å². The highest BCUT2D eigenvalue weighted by Crippen LogP contribution is 2.33. The number of carbonyl (C=O) groups is 1. The van der Waals surface area contributed by atoms with Gasteiger partial charge in [-0.3, -0.25) is 4.79 Å². The number of rotatable bonds is 4. The number of benzene rings is 2. The van der Waals surface area contributed by atoms with Gasteiger partial charge in [-0.15, -0.1) is 0 Å². The summed E-state index contributed by atoms with van der Waals surface area (Å²) in [4.78, 5) is 16.7. The van der Waals surface area contributed by atoms with Crippen molar-refractivity contribution in [3.05, 3.63) is 94.6 Å². The summed E-state index contributed by atoms with van der Waals surface area (Å²) in [6, 6.07) is 10.9. The average Bonchev–Trinajstić information content (AvgIpc) is 2.67. The minimum absolute atomic E-state index is 0.00533. The Hall–Kier alpha value is -3.42. The minimum Gasteiger partial charge on any atom is -0.508 e. The maximum atomic E-state index is 13.8. The lowest BCUT2D eigenvalue weighted by Gasteiger charge is -2.21. The largest absolute Gasteiger partial charge is 0.508 e. The molecule has 1 amide bonds. The molecule has 29 heavy (non-hydrogen) atoms. The van der Waals surface area contributed by atoms with Crippen LogP contribution >= 0.6 is 0 Å². The van der Waals surface area contributed by atoms with E-state index in [9.17, 15) is 27.5 Å². The summed E-state index contributed by atoms with van der Waals surface area (Å²) >= 11 is 0. The molecule has 3 rings (SSSR count). The Bertz CT molecular complexity index is 1030. The number of hydrogen-bond donors (Lipinski definition) is 2. The van der Waals surface area contributed by atoms with Gasteiger partial charge in [0.05, 0.1) is 11.6 Å². The lowest BCUT2D eigenvalue weighted by Crippen LogP contribution is -2.30. The molecule has 0 aliphatic heterocycles. The molecule has 3 aromatic rings. The minimum atomic E-state index is -4.52. The average molecular weight is 404 g/mol. The molecule has 4 nitrogen and oxygen atoms in total. The number of phenolic OH excluding ortho intramolecular Hbond substituents is 1. The molecule has 0 radical (unpaired) electrons. The van der Waals surface area contributed by atoms with Crippen LogP contribution in [0.4, 0.5) is 17.6 Å². The van der Waals surface area contributed by atoms with Gasteiger partial charge in [-0.1, -0.05) is 18.2 Å². The molecule has 1 unspecified atom stereocenters. The standard InChI is InChI=1S/C21H16F4N2O2/c1-12-3-2-4-17(26-12)20(29)27-19(16-11-15(22)9-10-18(16)28)13-5-7-14(8-6-13)21(23,24)25/h2-11,19,28H,1H3,(H,27,29). The number of alkyl halides is 3. The van der Waals surface area contributed by atoms with Crippen molar-refractivity contribution in [3.8, 4) is 5.75 Å². The Balaban J connectivity index is 2.02. The molecule has 0 bridgehead atoms. The van der Waals surface area contributed by atoms with E-state index in [2.05, 4.69) is 10.3 Å². The molecule has 150 valence electrons. The number of aromatic hydroxyl groups is 1. The number of hydrogen-bond acceptors (Lipinski definition) is 3. The molecule has 1 heterocycles. The predicted octanol–water partition coefficient (Wildman–Crippen LogP) is 4.77. The number of halogens is 4. The maximum Gasteiger partial charge on any atom is 0.416 e. The quantitative estimate of drug-likeness (QED) is 0.616. The number of nitrogens with zero attached hydrogens (tertiary/aromatic N) is 1. The third-order valence-electron chi connectivity index (χ3n) is 4.27. The van der Waals surface area contributed by atoms with Crippen LogP contribution in [0.15, 0.2) is 60.7 Å². The molecule has 0 fully saturated rings. The van der Waals surface area contributed by atoms with Gasteiger partial charge in [0, 0.05) is 11.3 Å². The number of aryl methyl sites for hydroxylation is 1. The normalized spacial score (nSPS) is 12.4. The molecule has 1 atom stereocenters. The smallest absolute Gasteiger partial charge is 0.416 e. The van der Waals surface area contributed by atoms with Crippen molar-refractivity contribution in [2.24, 2.45) is 0 Å². The molecule has 0 saturated carbocycles. The second-order valence-corrected chi connectivity index (χ2v) is 6.39. The van der Waals surface area contributed by atoms with Crippen LogP contribution in [0.25, 0.3) is 0 Å². The number of carbonyl (C=O) groups excluding carboxylic acids is 1. The zero-order valence-electron chi connectivity index (χ0n) is 15.2. The van der Waals surface area contributed by atoms with E-state index in [-0.39, 0.29) is 22.6 Å². The fraction of sp³-hybridized carbons (Fsp3) is 0.143. The first-order valence-corrected chi connectivity index (χ1v) is 8.55. The van der Waals surface area contributed by atoms with Crippen molar-refractivity contribution in [3.63, 3.8) is 0 Å². The van der Waals surface area contributed by atoms with Crippen molar-refractivity contribution < 1.29 is 27.5 Å². The summed E-state index contributed by atoms with van der Waals surface area (Å²) in [7, 11) is 0. The van der Waals surface area contributed by atoms with Gasteiger partial charge in [-0.05, 0) is 55.0 Å². The number of amides is 1. The van der Waals surface area contributed by atoms with Crippen LogP contribution in [0.2, 0.25) is 0 Å². The van der Waals surface area contributed by atoms with E-state index in [0.29, 0.717) is 5.69 Å². The van der Waals surface area contributed by atoms with Gasteiger partial charge in [0.25, 0.3) is 5.91 Å². The Morgan fingerprint density at radius 1 is 1.07 bits per heavy atom. The van der Waals surface area contributed by atoms with Gasteiger partial charge in [0.2, 0.25) is 0 Å². The fourth-order valence-corrected chi connectivity index (χ4v) is 2.84. The van der Waals surface area contributed by atoms with Gasteiger partial charge < -0.3 is 10.4 Å². The van der Waals surface area contributed by atoms with E-state index in [4.69, 9.17) is 0 Å². The number of aromatic nitrogens is 1. The third kappa shape index (κ3) is 4.71. The van der Waals surface area contributed by atoms with E-state index in [1.165, 1.54) is 18.2 Å². The summed E-state index contributed by atoms with van der Waals surface area (Å²) in [6.07, 6.45) is -4.52. The van der Waals surface area contributed by atoms with Crippen molar-refractivity contribution in [2.45, 2.75) is 19.1 Å². The van der Waals surface area contributed by atoms with Crippen molar-refractivity contribution in [1.82, 2.24) is 10.3 Å². The first-order chi connectivity index (χ1) is 13.6. The lowest BCUT2D eigenvalue weighted by atomic mass is 9.96. The zero-order chi connectivity index (χ0) is 21.2. The molecule has 8 heteroatoms. The van der Waals surface area contributed by atoms with Gasteiger partial charge in [0.1, 0.15) is 17.3 Å². The highest BCUT2D eigenvalue weighted by atomic mass is 19.4. The molecular formula is C21H16F4N2O2. The van der Waals surface area contributed by atoms with Crippen molar-refractivity contribution in [1.29, 1.82) is 0 Å². The van der Waals surface area contributed by atoms with Crippen LogP contribution in [-0.2, 0) is 6.18 Å². The van der Waals surface area contributed by atoms with Crippen LogP contribution in [0.3, 0.4) is 0 Å². The number of pyridine rings is 1. The molecule has 0 saturated heterocycles. The summed E-state index contributed by atoms with van der Waals surface area (Å²) in [5.41, 5.74) is 0.0518. The Morgan fingerprint density at radius 3 is 2.38 bits per heavy atom. The van der Waals surface area contributed by atoms with Crippen LogP contribution < -0.4 is 5.32 Å². The van der Waals surface area contributed by atoms with Crippen LogP contribution in [0.1, 0.15) is 38.9 Å². The van der Waals surface area contributed by atoms with Crippen molar-refractivity contribution in [2.75, 3.05) is 0 Å². The molecule has 0 aliphatic carbocycles. The van der Waals surface area contributed by atoms with E-state index in [1.54, 1.807) is 19.1 Å². The summed E-state index contributed by atoms with van der Waals surface area (Å²) in [5, 5.41) is 12.8. The molecule has 2 aromatic carbocycles. The molecule has 0 spiro atoms. The number of nitrogens with one attached hydrogen (secondary N) is 1. The second kappa shape index (κ2) is 7.90. The Kier molecular flexibility index (Phi) is 5.54. The lowest BCUT2D eigenvalue weighted by molar-refractivity contribution is -0.137. The SMILES string of the molecule is Cc1cccc(C(=O)NC(c2ccc(C(F)(F)F)cc2)c2cc(F)ccc2O)n1. The fourth-order valence-electron chi connectivity index (χ4n) is 2.84. The Labute approximate surface area is 163 Å². The monoisotopic (exact) mass is 404 g/mol. The van der Waals surface area contributed by atoms with E-state index in [0.717, 1.165) is 30.3 Å². The second-order valence-electron chi connectivity index (χ2n) is 6.39.